The molecule has 2 aromatic rings. The number of rotatable bonds is 4. The van der Waals surface area contributed by atoms with E-state index in [9.17, 15) is 14.7 Å². The SMILES string of the molecule is Cc1cc(O)ccc1NC(=O)NC1CC(=O)N(C(C)c2ccccc2)C1. The van der Waals surface area contributed by atoms with Crippen molar-refractivity contribution >= 4 is 17.6 Å². The number of nitrogens with zero attached hydrogens (tertiary/aromatic N) is 1. The minimum Gasteiger partial charge on any atom is -0.508 e. The van der Waals surface area contributed by atoms with Gasteiger partial charge < -0.3 is 20.6 Å². The second kappa shape index (κ2) is 7.47. The van der Waals surface area contributed by atoms with Gasteiger partial charge in [0.1, 0.15) is 5.75 Å². The summed E-state index contributed by atoms with van der Waals surface area (Å²) in [5.74, 6) is 0.188. The Labute approximate surface area is 152 Å². The topological polar surface area (TPSA) is 81.7 Å². The van der Waals surface area contributed by atoms with Gasteiger partial charge in [-0.2, -0.15) is 0 Å². The number of urea groups is 1. The second-order valence-corrected chi connectivity index (χ2v) is 6.63. The molecule has 3 N–H and O–H groups in total. The third-order valence-electron chi connectivity index (χ3n) is 4.70. The van der Waals surface area contributed by atoms with Crippen molar-refractivity contribution in [2.24, 2.45) is 0 Å². The van der Waals surface area contributed by atoms with Crippen molar-refractivity contribution in [3.8, 4) is 5.75 Å². The van der Waals surface area contributed by atoms with Crippen LogP contribution >= 0.6 is 0 Å². The van der Waals surface area contributed by atoms with Gasteiger partial charge in [-0.25, -0.2) is 4.79 Å². The summed E-state index contributed by atoms with van der Waals surface area (Å²) >= 11 is 0. The van der Waals surface area contributed by atoms with Crippen LogP contribution in [0.15, 0.2) is 48.5 Å². The first-order valence-corrected chi connectivity index (χ1v) is 8.65. The summed E-state index contributed by atoms with van der Waals surface area (Å²) in [6.07, 6.45) is 0.291. The van der Waals surface area contributed by atoms with E-state index in [1.807, 2.05) is 37.3 Å². The molecule has 1 heterocycles. The molecule has 1 aliphatic rings. The highest BCUT2D eigenvalue weighted by atomic mass is 16.3. The highest BCUT2D eigenvalue weighted by Gasteiger charge is 2.33. The maximum atomic E-state index is 12.4. The lowest BCUT2D eigenvalue weighted by molar-refractivity contribution is -0.129. The molecule has 136 valence electrons. The average Bonchev–Trinajstić information content (AvgIpc) is 2.97. The fourth-order valence-corrected chi connectivity index (χ4v) is 3.25. The van der Waals surface area contributed by atoms with Crippen LogP contribution in [0.5, 0.6) is 5.75 Å². The molecule has 1 fully saturated rings. The minimum atomic E-state index is -0.356. The summed E-state index contributed by atoms with van der Waals surface area (Å²) < 4.78 is 0. The lowest BCUT2D eigenvalue weighted by Crippen LogP contribution is -2.40. The van der Waals surface area contributed by atoms with Crippen molar-refractivity contribution in [1.29, 1.82) is 0 Å². The first-order chi connectivity index (χ1) is 12.4. The van der Waals surface area contributed by atoms with Crippen LogP contribution in [0, 0.1) is 6.92 Å². The average molecular weight is 353 g/mol. The number of benzene rings is 2. The molecular weight excluding hydrogens is 330 g/mol. The normalized spacial score (nSPS) is 17.8. The standard InChI is InChI=1S/C20H23N3O3/c1-13-10-17(24)8-9-18(13)22-20(26)21-16-11-19(25)23(12-16)14(2)15-6-4-3-5-7-15/h3-10,14,16,24H,11-12H2,1-2H3,(H2,21,22,26). The number of aromatic hydroxyl groups is 1. The Balaban J connectivity index is 1.59. The van der Waals surface area contributed by atoms with E-state index in [0.29, 0.717) is 18.7 Å². The zero-order chi connectivity index (χ0) is 18.7. The van der Waals surface area contributed by atoms with E-state index in [-0.39, 0.29) is 29.8 Å². The number of carbonyl (C=O) groups excluding carboxylic acids is 2. The first kappa shape index (κ1) is 17.8. The number of likely N-dealkylation sites (tertiary alicyclic amines) is 1. The molecule has 0 radical (unpaired) electrons. The second-order valence-electron chi connectivity index (χ2n) is 6.63. The van der Waals surface area contributed by atoms with E-state index in [0.717, 1.165) is 11.1 Å². The number of hydrogen-bond donors (Lipinski definition) is 3. The lowest BCUT2D eigenvalue weighted by Gasteiger charge is -2.25. The number of phenolic OH excluding ortho intramolecular Hbond substituents is 1. The smallest absolute Gasteiger partial charge is 0.319 e. The van der Waals surface area contributed by atoms with Crippen molar-refractivity contribution in [3.05, 3.63) is 59.7 Å². The van der Waals surface area contributed by atoms with E-state index in [1.165, 1.54) is 6.07 Å². The Bertz CT molecular complexity index is 807. The molecular formula is C20H23N3O3. The van der Waals surface area contributed by atoms with Crippen molar-refractivity contribution in [2.75, 3.05) is 11.9 Å². The third-order valence-corrected chi connectivity index (χ3v) is 4.70. The molecule has 2 atom stereocenters. The Kier molecular flexibility index (Phi) is 5.11. The summed E-state index contributed by atoms with van der Waals surface area (Å²) in [5.41, 5.74) is 2.46. The van der Waals surface area contributed by atoms with Gasteiger partial charge in [-0.05, 0) is 43.2 Å². The molecule has 2 unspecified atom stereocenters. The van der Waals surface area contributed by atoms with Crippen LogP contribution in [-0.4, -0.2) is 34.5 Å². The van der Waals surface area contributed by atoms with Crippen LogP contribution < -0.4 is 10.6 Å². The number of hydrogen-bond acceptors (Lipinski definition) is 3. The van der Waals surface area contributed by atoms with E-state index in [2.05, 4.69) is 10.6 Å². The third kappa shape index (κ3) is 3.96. The first-order valence-electron chi connectivity index (χ1n) is 8.65. The Morgan fingerprint density at radius 1 is 1.23 bits per heavy atom. The number of carbonyl (C=O) groups is 2. The molecule has 0 bridgehead atoms. The predicted octanol–water partition coefficient (Wildman–Crippen LogP) is 3.18. The van der Waals surface area contributed by atoms with Gasteiger partial charge in [0.25, 0.3) is 0 Å². The quantitative estimate of drug-likeness (QED) is 0.739. The van der Waals surface area contributed by atoms with Crippen LogP contribution in [0.2, 0.25) is 0 Å². The molecule has 0 aromatic heterocycles. The van der Waals surface area contributed by atoms with Gasteiger partial charge in [-0.15, -0.1) is 0 Å². The fourth-order valence-electron chi connectivity index (χ4n) is 3.25. The molecule has 26 heavy (non-hydrogen) atoms. The maximum Gasteiger partial charge on any atom is 0.319 e. The zero-order valence-corrected chi connectivity index (χ0v) is 14.9. The highest BCUT2D eigenvalue weighted by molar-refractivity contribution is 5.91. The lowest BCUT2D eigenvalue weighted by atomic mass is 10.1. The number of phenols is 1. The Morgan fingerprint density at radius 2 is 1.96 bits per heavy atom. The van der Waals surface area contributed by atoms with Gasteiger partial charge in [0, 0.05) is 18.7 Å². The molecule has 2 aromatic carbocycles. The molecule has 0 spiro atoms. The van der Waals surface area contributed by atoms with Crippen LogP contribution in [0.25, 0.3) is 0 Å². The predicted molar refractivity (Wildman–Crippen MR) is 100.0 cm³/mol. The summed E-state index contributed by atoms with van der Waals surface area (Å²) in [6, 6.07) is 14.0. The van der Waals surface area contributed by atoms with Gasteiger partial charge in [-0.3, -0.25) is 4.79 Å². The molecule has 3 rings (SSSR count). The van der Waals surface area contributed by atoms with E-state index in [4.69, 9.17) is 0 Å². The van der Waals surface area contributed by atoms with E-state index < -0.39 is 0 Å². The summed E-state index contributed by atoms with van der Waals surface area (Å²) in [7, 11) is 0. The van der Waals surface area contributed by atoms with Crippen LogP contribution in [0.3, 0.4) is 0 Å². The van der Waals surface area contributed by atoms with Crippen LogP contribution in [0.4, 0.5) is 10.5 Å². The van der Waals surface area contributed by atoms with Crippen molar-refractivity contribution in [2.45, 2.75) is 32.4 Å². The van der Waals surface area contributed by atoms with E-state index >= 15 is 0 Å². The fraction of sp³-hybridized carbons (Fsp3) is 0.300. The molecule has 6 nitrogen and oxygen atoms in total. The monoisotopic (exact) mass is 353 g/mol. The van der Waals surface area contributed by atoms with Gasteiger partial charge in [0.2, 0.25) is 5.91 Å². The number of anilines is 1. The summed E-state index contributed by atoms with van der Waals surface area (Å²) in [6.45, 7) is 4.28. The van der Waals surface area contributed by atoms with Gasteiger partial charge >= 0.3 is 6.03 Å². The maximum absolute atomic E-state index is 12.4. The number of aryl methyl sites for hydroxylation is 1. The van der Waals surface area contributed by atoms with Crippen molar-refractivity contribution < 1.29 is 14.7 Å². The minimum absolute atomic E-state index is 0.0297. The molecule has 0 aliphatic carbocycles. The van der Waals surface area contributed by atoms with Crippen molar-refractivity contribution in [1.82, 2.24) is 10.2 Å². The molecule has 6 heteroatoms. The molecule has 1 aliphatic heterocycles. The van der Waals surface area contributed by atoms with Gasteiger partial charge in [0.15, 0.2) is 0 Å². The summed E-state index contributed by atoms with van der Waals surface area (Å²) in [4.78, 5) is 26.4. The zero-order valence-electron chi connectivity index (χ0n) is 14.9. The van der Waals surface area contributed by atoms with Crippen LogP contribution in [0.1, 0.15) is 30.5 Å². The number of amides is 3. The van der Waals surface area contributed by atoms with Crippen molar-refractivity contribution in [3.63, 3.8) is 0 Å². The van der Waals surface area contributed by atoms with E-state index in [1.54, 1.807) is 24.0 Å². The van der Waals surface area contributed by atoms with Crippen LogP contribution in [-0.2, 0) is 4.79 Å². The molecule has 1 saturated heterocycles. The van der Waals surface area contributed by atoms with Gasteiger partial charge in [0.05, 0.1) is 12.1 Å². The Morgan fingerprint density at radius 3 is 2.65 bits per heavy atom. The largest absolute Gasteiger partial charge is 0.508 e. The highest BCUT2D eigenvalue weighted by Crippen LogP contribution is 2.26. The molecule has 3 amide bonds. The number of nitrogens with one attached hydrogen (secondary N) is 2. The molecule has 0 saturated carbocycles. The summed E-state index contributed by atoms with van der Waals surface area (Å²) in [5, 5.41) is 15.1. The van der Waals surface area contributed by atoms with Gasteiger partial charge in [-0.1, -0.05) is 30.3 Å². The Hall–Kier alpha value is -3.02.